The summed E-state index contributed by atoms with van der Waals surface area (Å²) in [6.07, 6.45) is -0.604. The molecule has 0 aromatic rings. The molecular weight excluding hydrogens is 250 g/mol. The van der Waals surface area contributed by atoms with E-state index in [1.54, 1.807) is 0 Å². The zero-order chi connectivity index (χ0) is 14.0. The average Bonchev–Trinajstić information content (AvgIpc) is 2.34. The number of aliphatic hydroxyl groups is 1. The van der Waals surface area contributed by atoms with Crippen LogP contribution in [0.15, 0.2) is 0 Å². The summed E-state index contributed by atoms with van der Waals surface area (Å²) in [5.41, 5.74) is 0. The van der Waals surface area contributed by atoms with Crippen LogP contribution in [-0.4, -0.2) is 54.3 Å². The smallest absolute Gasteiger partial charge is 0.265 e. The molecule has 19 heavy (non-hydrogen) atoms. The van der Waals surface area contributed by atoms with Gasteiger partial charge in [-0.15, -0.1) is 0 Å². The molecule has 5 heteroatoms. The number of alkyl halides is 2. The van der Waals surface area contributed by atoms with Gasteiger partial charge in [0.05, 0.1) is 0 Å². The van der Waals surface area contributed by atoms with Crippen molar-refractivity contribution < 1.29 is 13.9 Å². The minimum atomic E-state index is -2.65. The van der Waals surface area contributed by atoms with Gasteiger partial charge in [0.1, 0.15) is 6.10 Å². The van der Waals surface area contributed by atoms with Gasteiger partial charge < -0.3 is 15.3 Å². The Kier molecular flexibility index (Phi) is 5.15. The fraction of sp³-hybridized carbons (Fsp3) is 1.00. The van der Waals surface area contributed by atoms with Crippen molar-refractivity contribution >= 4 is 0 Å². The van der Waals surface area contributed by atoms with E-state index in [-0.39, 0.29) is 6.54 Å². The summed E-state index contributed by atoms with van der Waals surface area (Å²) in [5.74, 6) is 1.08. The van der Waals surface area contributed by atoms with Crippen molar-refractivity contribution in [2.24, 2.45) is 11.8 Å². The molecule has 2 bridgehead atoms. The molecule has 0 radical (unpaired) electrons. The summed E-state index contributed by atoms with van der Waals surface area (Å²) in [7, 11) is 0. The summed E-state index contributed by atoms with van der Waals surface area (Å²) >= 11 is 0. The van der Waals surface area contributed by atoms with Crippen molar-refractivity contribution in [2.45, 2.75) is 57.7 Å². The lowest BCUT2D eigenvalue weighted by atomic mass is 9.73. The van der Waals surface area contributed by atoms with Gasteiger partial charge in [0.25, 0.3) is 6.43 Å². The number of aliphatic hydroxyl groups excluding tert-OH is 1. The van der Waals surface area contributed by atoms with Crippen LogP contribution in [0.2, 0.25) is 0 Å². The molecule has 3 unspecified atom stereocenters. The zero-order valence-corrected chi connectivity index (χ0v) is 11.9. The Morgan fingerprint density at radius 2 is 1.79 bits per heavy atom. The molecule has 2 fully saturated rings. The monoisotopic (exact) mass is 276 g/mol. The summed E-state index contributed by atoms with van der Waals surface area (Å²) in [6, 6.07) is 0.854. The van der Waals surface area contributed by atoms with E-state index >= 15 is 0 Å². The zero-order valence-electron chi connectivity index (χ0n) is 11.9. The van der Waals surface area contributed by atoms with Gasteiger partial charge in [0, 0.05) is 31.7 Å². The molecule has 0 aromatic carbocycles. The molecule has 1 heterocycles. The van der Waals surface area contributed by atoms with Crippen molar-refractivity contribution in [1.29, 1.82) is 0 Å². The number of rotatable bonds is 5. The van der Waals surface area contributed by atoms with Crippen LogP contribution in [0.4, 0.5) is 8.78 Å². The van der Waals surface area contributed by atoms with Crippen LogP contribution in [0, 0.1) is 11.8 Å². The fourth-order valence-electron chi connectivity index (χ4n) is 3.57. The molecule has 0 spiro atoms. The third-order valence-corrected chi connectivity index (χ3v) is 4.69. The van der Waals surface area contributed by atoms with Gasteiger partial charge in [-0.3, -0.25) is 0 Å². The van der Waals surface area contributed by atoms with Gasteiger partial charge in [-0.05, 0) is 38.5 Å². The summed E-state index contributed by atoms with van der Waals surface area (Å²) in [5, 5.41) is 12.4. The molecule has 112 valence electrons. The third-order valence-electron chi connectivity index (χ3n) is 4.69. The molecule has 0 amide bonds. The van der Waals surface area contributed by atoms with E-state index in [2.05, 4.69) is 24.1 Å². The summed E-state index contributed by atoms with van der Waals surface area (Å²) in [4.78, 5) is 2.50. The Balaban J connectivity index is 1.91. The number of hydrogen-bond acceptors (Lipinski definition) is 3. The molecule has 1 saturated carbocycles. The number of nitrogens with zero attached hydrogens (tertiary/aromatic N) is 1. The number of fused-ring (bicyclic) bond motifs is 2. The first kappa shape index (κ1) is 15.1. The Hall–Kier alpha value is -0.260. The second-order valence-corrected chi connectivity index (χ2v) is 6.33. The van der Waals surface area contributed by atoms with Gasteiger partial charge in [-0.1, -0.05) is 6.42 Å². The van der Waals surface area contributed by atoms with Crippen molar-refractivity contribution in [3.63, 3.8) is 0 Å². The van der Waals surface area contributed by atoms with Gasteiger partial charge >= 0.3 is 0 Å². The highest BCUT2D eigenvalue weighted by molar-refractivity contribution is 4.95. The topological polar surface area (TPSA) is 35.5 Å². The van der Waals surface area contributed by atoms with Crippen LogP contribution < -0.4 is 5.32 Å². The Labute approximate surface area is 114 Å². The van der Waals surface area contributed by atoms with Crippen LogP contribution in [-0.2, 0) is 0 Å². The van der Waals surface area contributed by atoms with Crippen molar-refractivity contribution in [1.82, 2.24) is 10.2 Å². The summed E-state index contributed by atoms with van der Waals surface area (Å²) < 4.78 is 24.7. The number of nitrogens with one attached hydrogen (secondary N) is 1. The second kappa shape index (κ2) is 6.46. The lowest BCUT2D eigenvalue weighted by Crippen LogP contribution is -2.59. The van der Waals surface area contributed by atoms with Crippen LogP contribution in [0.25, 0.3) is 0 Å². The van der Waals surface area contributed by atoms with Crippen LogP contribution in [0.5, 0.6) is 0 Å². The Bertz CT molecular complexity index is 275. The lowest BCUT2D eigenvalue weighted by molar-refractivity contribution is -0.0174. The summed E-state index contributed by atoms with van der Waals surface area (Å²) in [6.45, 7) is 6.54. The third kappa shape index (κ3) is 3.64. The highest BCUT2D eigenvalue weighted by atomic mass is 19.3. The predicted octanol–water partition coefficient (Wildman–Crippen LogP) is 1.71. The van der Waals surface area contributed by atoms with Crippen molar-refractivity contribution in [3.05, 3.63) is 0 Å². The highest BCUT2D eigenvalue weighted by Crippen LogP contribution is 2.35. The van der Waals surface area contributed by atoms with E-state index in [0.717, 1.165) is 13.1 Å². The minimum absolute atomic E-state index is 0.0109. The molecule has 3 nitrogen and oxygen atoms in total. The average molecular weight is 276 g/mol. The maximum Gasteiger partial charge on any atom is 0.265 e. The number of halogens is 2. The number of likely N-dealkylation sites (tertiary alicyclic amines) is 1. The van der Waals surface area contributed by atoms with E-state index in [1.165, 1.54) is 19.3 Å². The molecule has 2 aliphatic rings. The maximum absolute atomic E-state index is 12.3. The van der Waals surface area contributed by atoms with E-state index in [9.17, 15) is 13.9 Å². The Morgan fingerprint density at radius 1 is 1.21 bits per heavy atom. The van der Waals surface area contributed by atoms with Gasteiger partial charge in [-0.25, -0.2) is 8.78 Å². The quantitative estimate of drug-likeness (QED) is 0.802. The molecule has 2 N–H and O–H groups in total. The Morgan fingerprint density at radius 3 is 2.26 bits per heavy atom. The molecule has 2 rings (SSSR count). The normalized spacial score (nSPS) is 33.9. The molecular formula is C14H26F2N2O. The van der Waals surface area contributed by atoms with Gasteiger partial charge in [0.2, 0.25) is 0 Å². The predicted molar refractivity (Wildman–Crippen MR) is 71.3 cm³/mol. The maximum atomic E-state index is 12.3. The first-order valence-electron chi connectivity index (χ1n) is 7.42. The minimum Gasteiger partial charge on any atom is -0.386 e. The SMILES string of the molecule is CC(C)N1CC2CCCC(C1)C2NCC(O)C(F)F. The van der Waals surface area contributed by atoms with Gasteiger partial charge in [0.15, 0.2) is 0 Å². The van der Waals surface area contributed by atoms with Crippen molar-refractivity contribution in [2.75, 3.05) is 19.6 Å². The van der Waals surface area contributed by atoms with E-state index < -0.39 is 12.5 Å². The largest absolute Gasteiger partial charge is 0.386 e. The van der Waals surface area contributed by atoms with Crippen LogP contribution >= 0.6 is 0 Å². The number of piperidine rings is 1. The van der Waals surface area contributed by atoms with E-state index in [1.807, 2.05) is 0 Å². The first-order chi connectivity index (χ1) is 8.99. The molecule has 0 aromatic heterocycles. The molecule has 1 saturated heterocycles. The molecule has 1 aliphatic carbocycles. The molecule has 3 atom stereocenters. The lowest BCUT2D eigenvalue weighted by Gasteiger charge is -2.49. The van der Waals surface area contributed by atoms with E-state index in [4.69, 9.17) is 0 Å². The van der Waals surface area contributed by atoms with Crippen LogP contribution in [0.3, 0.4) is 0 Å². The van der Waals surface area contributed by atoms with Crippen LogP contribution in [0.1, 0.15) is 33.1 Å². The second-order valence-electron chi connectivity index (χ2n) is 6.33. The fourth-order valence-corrected chi connectivity index (χ4v) is 3.57. The van der Waals surface area contributed by atoms with Gasteiger partial charge in [-0.2, -0.15) is 0 Å². The molecule has 1 aliphatic heterocycles. The standard InChI is InChI=1S/C14H26F2N2O/c1-9(2)18-7-10-4-3-5-11(8-18)13(10)17-6-12(19)14(15)16/h9-14,17,19H,3-8H2,1-2H3. The number of hydrogen-bond donors (Lipinski definition) is 2. The van der Waals surface area contributed by atoms with Crippen molar-refractivity contribution in [3.8, 4) is 0 Å². The first-order valence-corrected chi connectivity index (χ1v) is 7.42. The highest BCUT2D eigenvalue weighted by Gasteiger charge is 2.40. The van der Waals surface area contributed by atoms with E-state index in [0.29, 0.717) is 23.9 Å².